The Kier molecular flexibility index (Phi) is 8.28. The van der Waals surface area contributed by atoms with E-state index in [-0.39, 0.29) is 23.9 Å². The summed E-state index contributed by atoms with van der Waals surface area (Å²) in [5.41, 5.74) is 0.398. The van der Waals surface area contributed by atoms with Gasteiger partial charge in [0.15, 0.2) is 0 Å². The summed E-state index contributed by atoms with van der Waals surface area (Å²) >= 11 is 11.9. The number of anilines is 1. The normalized spacial score (nSPS) is 11.7. The Labute approximate surface area is 146 Å². The first-order valence-corrected chi connectivity index (χ1v) is 9.54. The average molecular weight is 383 g/mol. The fraction of sp³-hybridized carbons (Fsp3) is 0.500. The minimum absolute atomic E-state index is 0.0168. The predicted octanol–water partition coefficient (Wildman–Crippen LogP) is 2.62. The first-order chi connectivity index (χ1) is 10.8. The second-order valence-corrected chi connectivity index (χ2v) is 7.68. The van der Waals surface area contributed by atoms with Crippen LogP contribution in [0.5, 0.6) is 0 Å². The van der Waals surface area contributed by atoms with Crippen molar-refractivity contribution >= 4 is 44.8 Å². The van der Waals surface area contributed by atoms with Crippen LogP contribution in [-0.2, 0) is 19.6 Å². The number of nitrogens with one attached hydrogen (secondary N) is 1. The van der Waals surface area contributed by atoms with Gasteiger partial charge in [-0.1, -0.05) is 29.3 Å². The number of benzene rings is 1. The van der Waals surface area contributed by atoms with Gasteiger partial charge in [0.05, 0.1) is 22.0 Å². The van der Waals surface area contributed by atoms with Crippen LogP contribution in [0.15, 0.2) is 18.2 Å². The number of carbonyl (C=O) groups excluding carboxylic acids is 1. The molecule has 23 heavy (non-hydrogen) atoms. The zero-order valence-corrected chi connectivity index (χ0v) is 15.3. The molecule has 0 heterocycles. The van der Waals surface area contributed by atoms with E-state index in [1.165, 1.54) is 4.31 Å². The molecule has 6 nitrogen and oxygen atoms in total. The molecule has 9 heteroatoms. The van der Waals surface area contributed by atoms with Crippen molar-refractivity contribution in [3.63, 3.8) is 0 Å². The number of nitrogens with zero attached hydrogens (tertiary/aromatic N) is 1. The lowest BCUT2D eigenvalue weighted by atomic mass is 10.3. The largest absolute Gasteiger partial charge is 0.385 e. The van der Waals surface area contributed by atoms with Crippen LogP contribution in [0, 0.1) is 0 Å². The van der Waals surface area contributed by atoms with Gasteiger partial charge in [-0.2, -0.15) is 0 Å². The fourth-order valence-electron chi connectivity index (χ4n) is 1.87. The zero-order valence-electron chi connectivity index (χ0n) is 13.0. The van der Waals surface area contributed by atoms with Gasteiger partial charge >= 0.3 is 0 Å². The molecule has 0 saturated heterocycles. The maximum Gasteiger partial charge on any atom is 0.225 e. The van der Waals surface area contributed by atoms with E-state index in [1.807, 2.05) is 0 Å². The van der Waals surface area contributed by atoms with Gasteiger partial charge in [-0.15, -0.1) is 0 Å². The molecule has 1 aromatic carbocycles. The van der Waals surface area contributed by atoms with Crippen LogP contribution in [0.3, 0.4) is 0 Å². The fourth-order valence-corrected chi connectivity index (χ4v) is 3.10. The highest BCUT2D eigenvalue weighted by atomic mass is 35.5. The van der Waals surface area contributed by atoms with Crippen molar-refractivity contribution < 1.29 is 17.9 Å². The van der Waals surface area contributed by atoms with Crippen molar-refractivity contribution in [2.75, 3.05) is 38.4 Å². The number of halogens is 2. The third-order valence-electron chi connectivity index (χ3n) is 3.04. The van der Waals surface area contributed by atoms with Crippen molar-refractivity contribution in [2.45, 2.75) is 12.8 Å². The van der Waals surface area contributed by atoms with E-state index in [0.29, 0.717) is 30.3 Å². The van der Waals surface area contributed by atoms with Gasteiger partial charge in [0.2, 0.25) is 15.9 Å². The summed E-state index contributed by atoms with van der Waals surface area (Å²) in [5, 5.41) is 3.21. The monoisotopic (exact) mass is 382 g/mol. The lowest BCUT2D eigenvalue weighted by Crippen LogP contribution is -2.34. The summed E-state index contributed by atoms with van der Waals surface area (Å²) in [6.45, 7) is 0.848. The van der Waals surface area contributed by atoms with Gasteiger partial charge < -0.3 is 10.1 Å². The molecule has 0 aromatic heterocycles. The molecular weight excluding hydrogens is 363 g/mol. The summed E-state index contributed by atoms with van der Waals surface area (Å²) in [6.07, 6.45) is 1.69. The Morgan fingerprint density at radius 3 is 2.61 bits per heavy atom. The Bertz CT molecular complexity index is 638. The number of hydrogen-bond acceptors (Lipinski definition) is 4. The van der Waals surface area contributed by atoms with Crippen LogP contribution in [0.1, 0.15) is 12.8 Å². The van der Waals surface area contributed by atoms with Gasteiger partial charge in [0.25, 0.3) is 0 Å². The number of amides is 1. The molecule has 0 aliphatic carbocycles. The van der Waals surface area contributed by atoms with E-state index < -0.39 is 10.0 Å². The van der Waals surface area contributed by atoms with E-state index >= 15 is 0 Å². The van der Waals surface area contributed by atoms with E-state index in [4.69, 9.17) is 27.9 Å². The van der Waals surface area contributed by atoms with Crippen LogP contribution < -0.4 is 5.32 Å². The summed E-state index contributed by atoms with van der Waals surface area (Å²) in [7, 11) is -1.83. The van der Waals surface area contributed by atoms with Crippen molar-refractivity contribution in [3.05, 3.63) is 28.2 Å². The highest BCUT2D eigenvalue weighted by molar-refractivity contribution is 7.88. The molecule has 0 aliphatic rings. The molecule has 0 aliphatic heterocycles. The molecule has 1 aromatic rings. The van der Waals surface area contributed by atoms with Crippen LogP contribution in [0.2, 0.25) is 10.0 Å². The van der Waals surface area contributed by atoms with E-state index in [9.17, 15) is 13.2 Å². The topological polar surface area (TPSA) is 75.7 Å². The van der Waals surface area contributed by atoms with Crippen LogP contribution in [0.25, 0.3) is 0 Å². The Morgan fingerprint density at radius 2 is 2.00 bits per heavy atom. The standard InChI is InChI=1S/C14H20Cl2N2O4S/c1-22-10-4-8-18(23(2,20)21)9-7-13(19)17-12-6-3-5-11(15)14(12)16/h3,5-6H,4,7-10H2,1-2H3,(H,17,19). The third kappa shape index (κ3) is 7.05. The van der Waals surface area contributed by atoms with Crippen molar-refractivity contribution in [3.8, 4) is 0 Å². The molecule has 1 rings (SSSR count). The summed E-state index contributed by atoms with van der Waals surface area (Å²) in [4.78, 5) is 12.0. The molecule has 0 fully saturated rings. The average Bonchev–Trinajstić information content (AvgIpc) is 2.46. The molecule has 0 saturated carbocycles. The Morgan fingerprint density at radius 1 is 1.30 bits per heavy atom. The first-order valence-electron chi connectivity index (χ1n) is 6.93. The van der Waals surface area contributed by atoms with Gasteiger partial charge in [-0.3, -0.25) is 4.79 Å². The molecule has 0 radical (unpaired) electrons. The minimum atomic E-state index is -3.38. The molecule has 1 amide bonds. The van der Waals surface area contributed by atoms with E-state index in [2.05, 4.69) is 5.32 Å². The Hall–Kier alpha value is -0.860. The molecule has 0 atom stereocenters. The highest BCUT2D eigenvalue weighted by Crippen LogP contribution is 2.29. The third-order valence-corrected chi connectivity index (χ3v) is 5.16. The molecule has 1 N–H and O–H groups in total. The zero-order chi connectivity index (χ0) is 17.5. The second kappa shape index (κ2) is 9.44. The predicted molar refractivity (Wildman–Crippen MR) is 92.6 cm³/mol. The maximum atomic E-state index is 12.0. The SMILES string of the molecule is COCCCN(CCC(=O)Nc1cccc(Cl)c1Cl)S(C)(=O)=O. The van der Waals surface area contributed by atoms with Crippen molar-refractivity contribution in [1.82, 2.24) is 4.31 Å². The second-order valence-electron chi connectivity index (χ2n) is 4.91. The van der Waals surface area contributed by atoms with E-state index in [0.717, 1.165) is 6.26 Å². The number of carbonyl (C=O) groups is 1. The molecule has 0 spiro atoms. The first kappa shape index (κ1) is 20.2. The summed E-state index contributed by atoms with van der Waals surface area (Å²) in [5.74, 6) is -0.338. The Balaban J connectivity index is 2.59. The number of sulfonamides is 1. The summed E-state index contributed by atoms with van der Waals surface area (Å²) in [6, 6.07) is 4.90. The molecule has 0 bridgehead atoms. The maximum absolute atomic E-state index is 12.0. The van der Waals surface area contributed by atoms with Crippen molar-refractivity contribution in [1.29, 1.82) is 0 Å². The van der Waals surface area contributed by atoms with Gasteiger partial charge in [0.1, 0.15) is 0 Å². The van der Waals surface area contributed by atoms with Crippen LogP contribution >= 0.6 is 23.2 Å². The van der Waals surface area contributed by atoms with Gasteiger partial charge in [-0.25, -0.2) is 12.7 Å². The van der Waals surface area contributed by atoms with Crippen LogP contribution in [-0.4, -0.2) is 51.7 Å². The lowest BCUT2D eigenvalue weighted by molar-refractivity contribution is -0.116. The quantitative estimate of drug-likeness (QED) is 0.666. The number of hydrogen-bond donors (Lipinski definition) is 1. The molecular formula is C14H20Cl2N2O4S. The van der Waals surface area contributed by atoms with E-state index in [1.54, 1.807) is 25.3 Å². The number of methoxy groups -OCH3 is 1. The molecule has 130 valence electrons. The van der Waals surface area contributed by atoms with Gasteiger partial charge in [0, 0.05) is 33.2 Å². The molecule has 0 unspecified atom stereocenters. The smallest absolute Gasteiger partial charge is 0.225 e. The number of ether oxygens (including phenoxy) is 1. The highest BCUT2D eigenvalue weighted by Gasteiger charge is 2.18. The number of rotatable bonds is 9. The minimum Gasteiger partial charge on any atom is -0.385 e. The van der Waals surface area contributed by atoms with Gasteiger partial charge in [-0.05, 0) is 18.6 Å². The van der Waals surface area contributed by atoms with Crippen LogP contribution in [0.4, 0.5) is 5.69 Å². The lowest BCUT2D eigenvalue weighted by Gasteiger charge is -2.19. The van der Waals surface area contributed by atoms with Crippen molar-refractivity contribution in [2.24, 2.45) is 0 Å². The summed E-state index contributed by atoms with van der Waals surface area (Å²) < 4.78 is 29.6.